The van der Waals surface area contributed by atoms with E-state index in [1.165, 1.54) is 0 Å². The summed E-state index contributed by atoms with van der Waals surface area (Å²) in [4.78, 5) is 16.3. The number of imidazole rings is 1. The van der Waals surface area contributed by atoms with Crippen molar-refractivity contribution >= 4 is 11.6 Å². The van der Waals surface area contributed by atoms with Gasteiger partial charge in [0.2, 0.25) is 0 Å². The quantitative estimate of drug-likeness (QED) is 0.760. The molecule has 0 saturated heterocycles. The molecule has 0 spiro atoms. The Kier molecular flexibility index (Phi) is 5.75. The number of carbonyl (C=O) groups is 1. The fourth-order valence-corrected chi connectivity index (χ4v) is 2.01. The Labute approximate surface area is 125 Å². The second-order valence-corrected chi connectivity index (χ2v) is 5.17. The van der Waals surface area contributed by atoms with E-state index in [4.69, 9.17) is 4.74 Å². The SMILES string of the molecule is CCCCOCCCNC(=O)c1cn2ccc(C)cc2n1. The summed E-state index contributed by atoms with van der Waals surface area (Å²) in [5.41, 5.74) is 2.37. The Morgan fingerprint density at radius 3 is 3.00 bits per heavy atom. The smallest absolute Gasteiger partial charge is 0.271 e. The van der Waals surface area contributed by atoms with Gasteiger partial charge >= 0.3 is 0 Å². The minimum atomic E-state index is -0.134. The molecule has 21 heavy (non-hydrogen) atoms. The molecule has 2 heterocycles. The molecule has 2 aromatic heterocycles. The van der Waals surface area contributed by atoms with Crippen LogP contribution in [0.3, 0.4) is 0 Å². The number of aryl methyl sites for hydroxylation is 1. The molecule has 0 aliphatic heterocycles. The van der Waals surface area contributed by atoms with Gasteiger partial charge in [-0.15, -0.1) is 0 Å². The minimum Gasteiger partial charge on any atom is -0.381 e. The highest BCUT2D eigenvalue weighted by molar-refractivity contribution is 5.92. The van der Waals surface area contributed by atoms with Crippen molar-refractivity contribution in [3.8, 4) is 0 Å². The summed E-state index contributed by atoms with van der Waals surface area (Å²) in [7, 11) is 0. The van der Waals surface area contributed by atoms with Crippen molar-refractivity contribution in [1.82, 2.24) is 14.7 Å². The third kappa shape index (κ3) is 4.56. The van der Waals surface area contributed by atoms with Gasteiger partial charge in [0, 0.05) is 32.2 Å². The third-order valence-electron chi connectivity index (χ3n) is 3.24. The van der Waals surface area contributed by atoms with Crippen molar-refractivity contribution in [2.24, 2.45) is 0 Å². The van der Waals surface area contributed by atoms with Gasteiger partial charge in [0.1, 0.15) is 11.3 Å². The molecule has 0 bridgehead atoms. The standard InChI is InChI=1S/C16H23N3O2/c1-3-4-9-21-10-5-7-17-16(20)14-12-19-8-6-13(2)11-15(19)18-14/h6,8,11-12H,3-5,7,9-10H2,1-2H3,(H,17,20). The van der Waals surface area contributed by atoms with Crippen LogP contribution in [0.5, 0.6) is 0 Å². The molecule has 0 unspecified atom stereocenters. The van der Waals surface area contributed by atoms with E-state index >= 15 is 0 Å². The predicted molar refractivity (Wildman–Crippen MR) is 82.6 cm³/mol. The van der Waals surface area contributed by atoms with E-state index in [-0.39, 0.29) is 5.91 Å². The van der Waals surface area contributed by atoms with E-state index in [0.717, 1.165) is 37.1 Å². The summed E-state index contributed by atoms with van der Waals surface area (Å²) >= 11 is 0. The number of fused-ring (bicyclic) bond motifs is 1. The fraction of sp³-hybridized carbons (Fsp3) is 0.500. The molecular formula is C16H23N3O2. The largest absolute Gasteiger partial charge is 0.381 e. The van der Waals surface area contributed by atoms with Crippen LogP contribution < -0.4 is 5.32 Å². The van der Waals surface area contributed by atoms with Gasteiger partial charge in [-0.2, -0.15) is 0 Å². The Bertz CT molecular complexity index is 592. The number of amides is 1. The summed E-state index contributed by atoms with van der Waals surface area (Å²) in [6.45, 7) is 6.24. The van der Waals surface area contributed by atoms with E-state index < -0.39 is 0 Å². The van der Waals surface area contributed by atoms with Gasteiger partial charge < -0.3 is 14.5 Å². The molecule has 0 radical (unpaired) electrons. The van der Waals surface area contributed by atoms with Gasteiger partial charge in [0.05, 0.1) is 0 Å². The van der Waals surface area contributed by atoms with E-state index in [2.05, 4.69) is 17.2 Å². The van der Waals surface area contributed by atoms with E-state index in [1.54, 1.807) is 6.20 Å². The topological polar surface area (TPSA) is 55.6 Å². The highest BCUT2D eigenvalue weighted by Gasteiger charge is 2.09. The number of nitrogens with zero attached hydrogens (tertiary/aromatic N) is 2. The number of nitrogens with one attached hydrogen (secondary N) is 1. The highest BCUT2D eigenvalue weighted by Crippen LogP contribution is 2.07. The number of hydrogen-bond acceptors (Lipinski definition) is 3. The first-order valence-corrected chi connectivity index (χ1v) is 7.52. The van der Waals surface area contributed by atoms with Crippen LogP contribution in [0.2, 0.25) is 0 Å². The lowest BCUT2D eigenvalue weighted by molar-refractivity contribution is 0.0936. The Hall–Kier alpha value is -1.88. The molecular weight excluding hydrogens is 266 g/mol. The van der Waals surface area contributed by atoms with Crippen molar-refractivity contribution in [2.45, 2.75) is 33.1 Å². The van der Waals surface area contributed by atoms with Gasteiger partial charge in [-0.1, -0.05) is 13.3 Å². The van der Waals surface area contributed by atoms with Crippen LogP contribution in [0.15, 0.2) is 24.5 Å². The highest BCUT2D eigenvalue weighted by atomic mass is 16.5. The van der Waals surface area contributed by atoms with Crippen LogP contribution >= 0.6 is 0 Å². The van der Waals surface area contributed by atoms with Gasteiger partial charge in [-0.3, -0.25) is 4.79 Å². The average molecular weight is 289 g/mol. The van der Waals surface area contributed by atoms with Gasteiger partial charge in [0.25, 0.3) is 5.91 Å². The van der Waals surface area contributed by atoms with E-state index in [0.29, 0.717) is 18.8 Å². The molecule has 0 saturated carbocycles. The third-order valence-corrected chi connectivity index (χ3v) is 3.24. The zero-order chi connectivity index (χ0) is 15.1. The van der Waals surface area contributed by atoms with Crippen LogP contribution in [-0.4, -0.2) is 35.1 Å². The summed E-state index contributed by atoms with van der Waals surface area (Å²) in [6.07, 6.45) is 6.72. The zero-order valence-corrected chi connectivity index (χ0v) is 12.8. The molecule has 5 nitrogen and oxygen atoms in total. The van der Waals surface area contributed by atoms with Crippen LogP contribution in [0.1, 0.15) is 42.2 Å². The fourth-order valence-electron chi connectivity index (χ4n) is 2.01. The van der Waals surface area contributed by atoms with Crippen LogP contribution in [0, 0.1) is 6.92 Å². The molecule has 0 aromatic carbocycles. The number of rotatable bonds is 8. The average Bonchev–Trinajstić information content (AvgIpc) is 2.89. The number of carbonyl (C=O) groups excluding carboxylic acids is 1. The lowest BCUT2D eigenvalue weighted by Gasteiger charge is -2.04. The number of pyridine rings is 1. The molecule has 0 fully saturated rings. The molecule has 2 rings (SSSR count). The van der Waals surface area contributed by atoms with Gasteiger partial charge in [-0.05, 0) is 37.5 Å². The summed E-state index contributed by atoms with van der Waals surface area (Å²) in [5.74, 6) is -0.134. The van der Waals surface area contributed by atoms with E-state index in [9.17, 15) is 4.79 Å². The first-order chi connectivity index (χ1) is 10.2. The zero-order valence-electron chi connectivity index (χ0n) is 12.8. The number of hydrogen-bond donors (Lipinski definition) is 1. The maximum atomic E-state index is 12.0. The second kappa shape index (κ2) is 7.78. The van der Waals surface area contributed by atoms with Crippen LogP contribution in [0.25, 0.3) is 5.65 Å². The second-order valence-electron chi connectivity index (χ2n) is 5.17. The maximum Gasteiger partial charge on any atom is 0.271 e. The summed E-state index contributed by atoms with van der Waals surface area (Å²) in [5, 5.41) is 2.87. The lowest BCUT2D eigenvalue weighted by atomic mass is 10.3. The number of unbranched alkanes of at least 4 members (excludes halogenated alkanes) is 1. The number of ether oxygens (including phenoxy) is 1. The first-order valence-electron chi connectivity index (χ1n) is 7.52. The lowest BCUT2D eigenvalue weighted by Crippen LogP contribution is -2.25. The predicted octanol–water partition coefficient (Wildman–Crippen LogP) is 2.58. The molecule has 0 aliphatic carbocycles. The molecule has 1 N–H and O–H groups in total. The van der Waals surface area contributed by atoms with Crippen LogP contribution in [0.4, 0.5) is 0 Å². The number of aromatic nitrogens is 2. The van der Waals surface area contributed by atoms with Gasteiger partial charge in [-0.25, -0.2) is 4.98 Å². The first kappa shape index (κ1) is 15.5. The Balaban J connectivity index is 1.77. The molecule has 1 amide bonds. The van der Waals surface area contributed by atoms with E-state index in [1.807, 2.05) is 29.7 Å². The van der Waals surface area contributed by atoms with Gasteiger partial charge in [0.15, 0.2) is 0 Å². The maximum absolute atomic E-state index is 12.0. The molecule has 114 valence electrons. The molecule has 0 aliphatic rings. The molecule has 2 aromatic rings. The van der Waals surface area contributed by atoms with Crippen molar-refractivity contribution < 1.29 is 9.53 Å². The minimum absolute atomic E-state index is 0.134. The Morgan fingerprint density at radius 2 is 2.19 bits per heavy atom. The monoisotopic (exact) mass is 289 g/mol. The van der Waals surface area contributed by atoms with Crippen molar-refractivity contribution in [1.29, 1.82) is 0 Å². The normalized spacial score (nSPS) is 11.0. The van der Waals surface area contributed by atoms with Crippen molar-refractivity contribution in [2.75, 3.05) is 19.8 Å². The summed E-state index contributed by atoms with van der Waals surface area (Å²) in [6, 6.07) is 3.95. The summed E-state index contributed by atoms with van der Waals surface area (Å²) < 4.78 is 7.31. The van der Waals surface area contributed by atoms with Crippen molar-refractivity contribution in [3.63, 3.8) is 0 Å². The molecule has 0 atom stereocenters. The Morgan fingerprint density at radius 1 is 1.38 bits per heavy atom. The molecule has 5 heteroatoms. The van der Waals surface area contributed by atoms with Crippen molar-refractivity contribution in [3.05, 3.63) is 35.8 Å². The van der Waals surface area contributed by atoms with Crippen LogP contribution in [-0.2, 0) is 4.74 Å².